The third kappa shape index (κ3) is 3.82. The van der Waals surface area contributed by atoms with Crippen LogP contribution in [0.1, 0.15) is 15.9 Å². The van der Waals surface area contributed by atoms with Crippen molar-refractivity contribution in [2.75, 3.05) is 11.9 Å². The van der Waals surface area contributed by atoms with Crippen LogP contribution in [0.2, 0.25) is 5.02 Å². The molecule has 0 aliphatic heterocycles. The number of aromatic nitrogens is 1. The SMILES string of the molecule is NCC#Cc1ccc(C(=O)Nc2ccc(Cl)cn2)cc1. The van der Waals surface area contributed by atoms with E-state index in [4.69, 9.17) is 17.3 Å². The Morgan fingerprint density at radius 3 is 2.60 bits per heavy atom. The standard InChI is InChI=1S/C15H12ClN3O/c16-13-7-8-14(18-10-13)19-15(20)12-5-3-11(4-6-12)2-1-9-17/h3-8,10H,9,17H2,(H,18,19,20). The summed E-state index contributed by atoms with van der Waals surface area (Å²) in [6, 6.07) is 10.2. The number of carbonyl (C=O) groups is 1. The molecule has 0 spiro atoms. The zero-order valence-electron chi connectivity index (χ0n) is 10.6. The van der Waals surface area contributed by atoms with E-state index in [-0.39, 0.29) is 5.91 Å². The zero-order chi connectivity index (χ0) is 14.4. The summed E-state index contributed by atoms with van der Waals surface area (Å²) in [6.07, 6.45) is 1.47. The molecule has 0 fully saturated rings. The predicted molar refractivity (Wildman–Crippen MR) is 79.6 cm³/mol. The number of halogens is 1. The van der Waals surface area contributed by atoms with E-state index < -0.39 is 0 Å². The van der Waals surface area contributed by atoms with Crippen LogP contribution in [0.3, 0.4) is 0 Å². The van der Waals surface area contributed by atoms with Crippen LogP contribution in [-0.2, 0) is 0 Å². The molecule has 3 N–H and O–H groups in total. The highest BCUT2D eigenvalue weighted by Gasteiger charge is 2.06. The summed E-state index contributed by atoms with van der Waals surface area (Å²) in [4.78, 5) is 16.0. The van der Waals surface area contributed by atoms with Gasteiger partial charge in [-0.15, -0.1) is 0 Å². The molecule has 0 atom stereocenters. The van der Waals surface area contributed by atoms with Crippen molar-refractivity contribution in [2.24, 2.45) is 5.73 Å². The monoisotopic (exact) mass is 285 g/mol. The van der Waals surface area contributed by atoms with Crippen molar-refractivity contribution in [3.63, 3.8) is 0 Å². The van der Waals surface area contributed by atoms with Crippen molar-refractivity contribution in [3.8, 4) is 11.8 Å². The fourth-order valence-electron chi connectivity index (χ4n) is 1.50. The third-order valence-electron chi connectivity index (χ3n) is 2.45. The van der Waals surface area contributed by atoms with Gasteiger partial charge in [0.2, 0.25) is 0 Å². The van der Waals surface area contributed by atoms with Crippen molar-refractivity contribution in [1.82, 2.24) is 4.98 Å². The molecule has 5 heteroatoms. The fourth-order valence-corrected chi connectivity index (χ4v) is 1.61. The second kappa shape index (κ2) is 6.71. The normalized spacial score (nSPS) is 9.50. The molecule has 0 bridgehead atoms. The molecule has 20 heavy (non-hydrogen) atoms. The van der Waals surface area contributed by atoms with E-state index in [1.54, 1.807) is 36.4 Å². The summed E-state index contributed by atoms with van der Waals surface area (Å²) < 4.78 is 0. The average molecular weight is 286 g/mol. The van der Waals surface area contributed by atoms with Gasteiger partial charge in [-0.05, 0) is 36.4 Å². The number of nitrogens with one attached hydrogen (secondary N) is 1. The highest BCUT2D eigenvalue weighted by atomic mass is 35.5. The number of nitrogens with zero attached hydrogens (tertiary/aromatic N) is 1. The first kappa shape index (κ1) is 14.1. The number of carbonyl (C=O) groups excluding carboxylic acids is 1. The smallest absolute Gasteiger partial charge is 0.256 e. The molecular weight excluding hydrogens is 274 g/mol. The third-order valence-corrected chi connectivity index (χ3v) is 2.67. The molecule has 4 nitrogen and oxygen atoms in total. The minimum absolute atomic E-state index is 0.238. The Hall–Kier alpha value is -2.35. The lowest BCUT2D eigenvalue weighted by Gasteiger charge is -2.04. The predicted octanol–water partition coefficient (Wildman–Crippen LogP) is 2.30. The Balaban J connectivity index is 2.07. The quantitative estimate of drug-likeness (QED) is 0.832. The van der Waals surface area contributed by atoms with E-state index in [0.29, 0.717) is 22.9 Å². The molecule has 100 valence electrons. The van der Waals surface area contributed by atoms with Crippen molar-refractivity contribution in [2.45, 2.75) is 0 Å². The van der Waals surface area contributed by atoms with Crippen LogP contribution in [0, 0.1) is 11.8 Å². The number of anilines is 1. The van der Waals surface area contributed by atoms with Crippen molar-refractivity contribution in [3.05, 3.63) is 58.7 Å². The van der Waals surface area contributed by atoms with Gasteiger partial charge in [-0.25, -0.2) is 4.98 Å². The molecule has 0 saturated carbocycles. The lowest BCUT2D eigenvalue weighted by atomic mass is 10.1. The highest BCUT2D eigenvalue weighted by Crippen LogP contribution is 2.11. The van der Waals surface area contributed by atoms with Crippen LogP contribution >= 0.6 is 11.6 Å². The minimum atomic E-state index is -0.238. The highest BCUT2D eigenvalue weighted by molar-refractivity contribution is 6.30. The van der Waals surface area contributed by atoms with Gasteiger partial charge < -0.3 is 11.1 Å². The van der Waals surface area contributed by atoms with E-state index in [1.807, 2.05) is 0 Å². The van der Waals surface area contributed by atoms with Crippen molar-refractivity contribution < 1.29 is 4.79 Å². The number of rotatable bonds is 2. The average Bonchev–Trinajstić information content (AvgIpc) is 2.48. The van der Waals surface area contributed by atoms with E-state index in [1.165, 1.54) is 6.20 Å². The molecule has 0 unspecified atom stereocenters. The number of nitrogens with two attached hydrogens (primary N) is 1. The summed E-state index contributed by atoms with van der Waals surface area (Å²) >= 11 is 5.73. The number of pyridine rings is 1. The maximum absolute atomic E-state index is 12.0. The second-order valence-corrected chi connectivity index (χ2v) is 4.34. The Labute approximate surface area is 122 Å². The van der Waals surface area contributed by atoms with Crippen LogP contribution in [0.25, 0.3) is 0 Å². The van der Waals surface area contributed by atoms with Gasteiger partial charge in [0.05, 0.1) is 11.6 Å². The second-order valence-electron chi connectivity index (χ2n) is 3.90. The number of hydrogen-bond acceptors (Lipinski definition) is 3. The van der Waals surface area contributed by atoms with Crippen molar-refractivity contribution in [1.29, 1.82) is 0 Å². The summed E-state index contributed by atoms with van der Waals surface area (Å²) in [5, 5.41) is 3.20. The summed E-state index contributed by atoms with van der Waals surface area (Å²) in [7, 11) is 0. The lowest BCUT2D eigenvalue weighted by molar-refractivity contribution is 0.102. The van der Waals surface area contributed by atoms with Crippen LogP contribution in [-0.4, -0.2) is 17.4 Å². The van der Waals surface area contributed by atoms with Crippen LogP contribution in [0.15, 0.2) is 42.6 Å². The van der Waals surface area contributed by atoms with Gasteiger partial charge in [-0.1, -0.05) is 23.4 Å². The fraction of sp³-hybridized carbons (Fsp3) is 0.0667. The van der Waals surface area contributed by atoms with E-state index >= 15 is 0 Å². The Bertz CT molecular complexity index is 654. The van der Waals surface area contributed by atoms with Gasteiger partial charge >= 0.3 is 0 Å². The van der Waals surface area contributed by atoms with Gasteiger partial charge in [0.15, 0.2) is 0 Å². The zero-order valence-corrected chi connectivity index (χ0v) is 11.3. The van der Waals surface area contributed by atoms with E-state index in [9.17, 15) is 4.79 Å². The first-order valence-electron chi connectivity index (χ1n) is 5.91. The molecule has 0 aliphatic rings. The summed E-state index contributed by atoms with van der Waals surface area (Å²) in [5.41, 5.74) is 6.64. The number of amides is 1. The van der Waals surface area contributed by atoms with Crippen LogP contribution < -0.4 is 11.1 Å². The lowest BCUT2D eigenvalue weighted by Crippen LogP contribution is -2.12. The van der Waals surface area contributed by atoms with E-state index in [2.05, 4.69) is 22.1 Å². The molecule has 0 saturated heterocycles. The molecule has 2 aromatic rings. The molecule has 1 amide bonds. The van der Waals surface area contributed by atoms with Gasteiger partial charge in [-0.2, -0.15) is 0 Å². The summed E-state index contributed by atoms with van der Waals surface area (Å²) in [5.74, 6) is 5.86. The largest absolute Gasteiger partial charge is 0.320 e. The van der Waals surface area contributed by atoms with Gasteiger partial charge in [0.1, 0.15) is 5.82 Å². The topological polar surface area (TPSA) is 68.0 Å². The van der Waals surface area contributed by atoms with Gasteiger partial charge in [0.25, 0.3) is 5.91 Å². The van der Waals surface area contributed by atoms with Gasteiger partial charge in [0, 0.05) is 17.3 Å². The molecular formula is C15H12ClN3O. The number of hydrogen-bond donors (Lipinski definition) is 2. The van der Waals surface area contributed by atoms with Gasteiger partial charge in [-0.3, -0.25) is 4.79 Å². The summed E-state index contributed by atoms with van der Waals surface area (Å²) in [6.45, 7) is 0.310. The maximum Gasteiger partial charge on any atom is 0.256 e. The Kier molecular flexibility index (Phi) is 4.72. The van der Waals surface area contributed by atoms with Crippen molar-refractivity contribution >= 4 is 23.3 Å². The van der Waals surface area contributed by atoms with E-state index in [0.717, 1.165) is 5.56 Å². The maximum atomic E-state index is 12.0. The molecule has 1 aromatic carbocycles. The Morgan fingerprint density at radius 2 is 2.00 bits per heavy atom. The minimum Gasteiger partial charge on any atom is -0.320 e. The molecule has 0 aliphatic carbocycles. The van der Waals surface area contributed by atoms with Crippen LogP contribution in [0.4, 0.5) is 5.82 Å². The number of benzene rings is 1. The molecule has 1 heterocycles. The van der Waals surface area contributed by atoms with Crippen LogP contribution in [0.5, 0.6) is 0 Å². The first-order valence-corrected chi connectivity index (χ1v) is 6.29. The first-order chi connectivity index (χ1) is 9.69. The molecule has 1 aromatic heterocycles. The molecule has 2 rings (SSSR count). The molecule has 0 radical (unpaired) electrons. The Morgan fingerprint density at radius 1 is 1.25 bits per heavy atom.